The number of carbonyl (C=O) groups is 1. The fourth-order valence-corrected chi connectivity index (χ4v) is 2.02. The molecular formula is C15H22F2N2O2. The number of aliphatic hydroxyl groups excluding tert-OH is 1. The molecule has 118 valence electrons. The average Bonchev–Trinajstić information content (AvgIpc) is 2.40. The molecule has 0 aliphatic carbocycles. The number of aliphatic hydroxyl groups is 1. The van der Waals surface area contributed by atoms with E-state index >= 15 is 0 Å². The van der Waals surface area contributed by atoms with Gasteiger partial charge in [0.1, 0.15) is 0 Å². The summed E-state index contributed by atoms with van der Waals surface area (Å²) in [7, 11) is 0. The number of anilines is 1. The van der Waals surface area contributed by atoms with Gasteiger partial charge in [-0.25, -0.2) is 8.78 Å². The summed E-state index contributed by atoms with van der Waals surface area (Å²) in [6.07, 6.45) is -0.500. The molecule has 2 N–H and O–H groups in total. The lowest BCUT2D eigenvalue weighted by Gasteiger charge is -2.20. The lowest BCUT2D eigenvalue weighted by molar-refractivity contribution is -0.117. The minimum absolute atomic E-state index is 0.0488. The van der Waals surface area contributed by atoms with Crippen molar-refractivity contribution in [2.24, 2.45) is 0 Å². The Bertz CT molecular complexity index is 424. The Morgan fingerprint density at radius 3 is 2.52 bits per heavy atom. The van der Waals surface area contributed by atoms with Crippen molar-refractivity contribution in [2.75, 3.05) is 31.6 Å². The Kier molecular flexibility index (Phi) is 7.85. The van der Waals surface area contributed by atoms with Crippen LogP contribution in [0.2, 0.25) is 0 Å². The van der Waals surface area contributed by atoms with Crippen LogP contribution in [0.4, 0.5) is 14.5 Å². The summed E-state index contributed by atoms with van der Waals surface area (Å²) in [5, 5.41) is 11.5. The van der Waals surface area contributed by atoms with Gasteiger partial charge in [-0.3, -0.25) is 9.69 Å². The van der Waals surface area contributed by atoms with Gasteiger partial charge >= 0.3 is 0 Å². The van der Waals surface area contributed by atoms with Crippen LogP contribution in [0.3, 0.4) is 0 Å². The molecule has 1 aromatic carbocycles. The maximum atomic E-state index is 12.3. The zero-order chi connectivity index (χ0) is 15.7. The van der Waals surface area contributed by atoms with E-state index in [0.717, 1.165) is 12.8 Å². The highest BCUT2D eigenvalue weighted by Crippen LogP contribution is 2.11. The molecule has 0 spiro atoms. The smallest absolute Gasteiger partial charge is 0.251 e. The van der Waals surface area contributed by atoms with Crippen LogP contribution in [0.15, 0.2) is 24.3 Å². The van der Waals surface area contributed by atoms with Crippen molar-refractivity contribution < 1.29 is 18.7 Å². The highest BCUT2D eigenvalue weighted by Gasteiger charge is 2.15. The molecule has 1 amide bonds. The van der Waals surface area contributed by atoms with E-state index in [1.165, 1.54) is 10.5 Å². The van der Waals surface area contributed by atoms with Gasteiger partial charge in [-0.1, -0.05) is 25.5 Å². The average molecular weight is 300 g/mol. The van der Waals surface area contributed by atoms with E-state index in [1.807, 2.05) is 12.1 Å². The zero-order valence-corrected chi connectivity index (χ0v) is 12.2. The quantitative estimate of drug-likeness (QED) is 0.734. The molecule has 0 heterocycles. The van der Waals surface area contributed by atoms with Gasteiger partial charge in [0, 0.05) is 12.2 Å². The molecule has 6 heteroatoms. The summed E-state index contributed by atoms with van der Waals surface area (Å²) in [6.45, 7) is 1.19. The number of hydrogen-bond acceptors (Lipinski definition) is 3. The molecule has 0 atom stereocenters. The third kappa shape index (κ3) is 7.15. The number of halogens is 2. The molecule has 0 fully saturated rings. The summed E-state index contributed by atoms with van der Waals surface area (Å²) in [5.74, 6) is -0.368. The summed E-state index contributed by atoms with van der Waals surface area (Å²) in [4.78, 5) is 13.0. The number of carbonyl (C=O) groups excluding carboxylic acids is 1. The molecule has 1 aromatic rings. The molecule has 0 aromatic heterocycles. The second-order valence-corrected chi connectivity index (χ2v) is 4.84. The van der Waals surface area contributed by atoms with E-state index in [4.69, 9.17) is 5.11 Å². The molecule has 1 rings (SSSR count). The van der Waals surface area contributed by atoms with Crippen LogP contribution < -0.4 is 5.32 Å². The summed E-state index contributed by atoms with van der Waals surface area (Å²) >= 11 is 0. The maximum Gasteiger partial charge on any atom is 0.251 e. The number of alkyl halides is 2. The minimum atomic E-state index is -2.53. The summed E-state index contributed by atoms with van der Waals surface area (Å²) in [6, 6.07) is 7.46. The van der Waals surface area contributed by atoms with Crippen molar-refractivity contribution in [3.8, 4) is 0 Å². The van der Waals surface area contributed by atoms with Gasteiger partial charge < -0.3 is 10.4 Å². The Hall–Kier alpha value is -1.53. The lowest BCUT2D eigenvalue weighted by atomic mass is 10.1. The van der Waals surface area contributed by atoms with Crippen LogP contribution in [0.1, 0.15) is 18.9 Å². The second kappa shape index (κ2) is 9.41. The molecule has 0 unspecified atom stereocenters. The predicted molar refractivity (Wildman–Crippen MR) is 78.6 cm³/mol. The molecule has 0 aliphatic rings. The highest BCUT2D eigenvalue weighted by molar-refractivity contribution is 5.92. The van der Waals surface area contributed by atoms with Gasteiger partial charge in [0.25, 0.3) is 6.43 Å². The van der Waals surface area contributed by atoms with Crippen LogP contribution in [0.5, 0.6) is 0 Å². The van der Waals surface area contributed by atoms with E-state index in [1.54, 1.807) is 12.1 Å². The van der Waals surface area contributed by atoms with Gasteiger partial charge in [-0.15, -0.1) is 0 Å². The van der Waals surface area contributed by atoms with Gasteiger partial charge in [-0.2, -0.15) is 0 Å². The molecule has 0 aliphatic heterocycles. The van der Waals surface area contributed by atoms with Crippen molar-refractivity contribution >= 4 is 11.6 Å². The first kappa shape index (κ1) is 17.5. The van der Waals surface area contributed by atoms with Crippen LogP contribution in [-0.2, 0) is 11.2 Å². The van der Waals surface area contributed by atoms with E-state index in [9.17, 15) is 13.6 Å². The first-order chi connectivity index (χ1) is 10.0. The van der Waals surface area contributed by atoms with Gasteiger partial charge in [-0.05, 0) is 24.1 Å². The highest BCUT2D eigenvalue weighted by atomic mass is 19.3. The number of nitrogens with zero attached hydrogens (tertiary/aromatic N) is 1. The van der Waals surface area contributed by atoms with Gasteiger partial charge in [0.05, 0.1) is 19.7 Å². The number of hydrogen-bond donors (Lipinski definition) is 2. The third-order valence-corrected chi connectivity index (χ3v) is 2.96. The molecule has 4 nitrogen and oxygen atoms in total. The number of amides is 1. The van der Waals surface area contributed by atoms with E-state index in [0.29, 0.717) is 5.69 Å². The van der Waals surface area contributed by atoms with Crippen molar-refractivity contribution in [1.82, 2.24) is 4.90 Å². The lowest BCUT2D eigenvalue weighted by Crippen LogP contribution is -2.38. The monoisotopic (exact) mass is 300 g/mol. The Morgan fingerprint density at radius 1 is 1.33 bits per heavy atom. The number of nitrogens with one attached hydrogen (secondary N) is 1. The fraction of sp³-hybridized carbons (Fsp3) is 0.533. The first-order valence-corrected chi connectivity index (χ1v) is 7.05. The Labute approximate surface area is 123 Å². The second-order valence-electron chi connectivity index (χ2n) is 4.84. The van der Waals surface area contributed by atoms with Crippen LogP contribution in [0, 0.1) is 0 Å². The van der Waals surface area contributed by atoms with Crippen molar-refractivity contribution in [2.45, 2.75) is 26.2 Å². The zero-order valence-electron chi connectivity index (χ0n) is 12.2. The minimum Gasteiger partial charge on any atom is -0.395 e. The SMILES string of the molecule is CCCc1ccc(NC(=O)CN(CCO)CC(F)F)cc1. The number of aryl methyl sites for hydroxylation is 1. The van der Waals surface area contributed by atoms with Crippen molar-refractivity contribution in [3.63, 3.8) is 0 Å². The standard InChI is InChI=1S/C15H22F2N2O2/c1-2-3-12-4-6-13(7-5-12)18-15(21)11-19(8-9-20)10-14(16)17/h4-7,14,20H,2-3,8-11H2,1H3,(H,18,21). The van der Waals surface area contributed by atoms with E-state index in [2.05, 4.69) is 12.2 Å². The normalized spacial score (nSPS) is 11.1. The van der Waals surface area contributed by atoms with Crippen LogP contribution in [0.25, 0.3) is 0 Å². The Balaban J connectivity index is 2.50. The third-order valence-electron chi connectivity index (χ3n) is 2.96. The topological polar surface area (TPSA) is 52.6 Å². The molecule has 21 heavy (non-hydrogen) atoms. The molecule has 0 saturated heterocycles. The Morgan fingerprint density at radius 2 is 2.00 bits per heavy atom. The van der Waals surface area contributed by atoms with Gasteiger partial charge in [0.2, 0.25) is 5.91 Å². The maximum absolute atomic E-state index is 12.3. The van der Waals surface area contributed by atoms with Crippen molar-refractivity contribution in [1.29, 1.82) is 0 Å². The number of benzene rings is 1. The summed E-state index contributed by atoms with van der Waals surface area (Å²) < 4.78 is 24.7. The first-order valence-electron chi connectivity index (χ1n) is 7.05. The fourth-order valence-electron chi connectivity index (χ4n) is 2.02. The molecule has 0 saturated carbocycles. The molecule has 0 radical (unpaired) electrons. The van der Waals surface area contributed by atoms with E-state index in [-0.39, 0.29) is 25.6 Å². The number of rotatable bonds is 9. The largest absolute Gasteiger partial charge is 0.395 e. The molecule has 0 bridgehead atoms. The van der Waals surface area contributed by atoms with Crippen LogP contribution >= 0.6 is 0 Å². The van der Waals surface area contributed by atoms with Crippen LogP contribution in [-0.4, -0.2) is 48.6 Å². The van der Waals surface area contributed by atoms with Crippen molar-refractivity contribution in [3.05, 3.63) is 29.8 Å². The predicted octanol–water partition coefficient (Wildman–Crippen LogP) is 2.14. The summed E-state index contributed by atoms with van der Waals surface area (Å²) in [5.41, 5.74) is 1.83. The molecular weight excluding hydrogens is 278 g/mol. The van der Waals surface area contributed by atoms with Gasteiger partial charge in [0.15, 0.2) is 0 Å². The van der Waals surface area contributed by atoms with E-state index < -0.39 is 13.0 Å².